The summed E-state index contributed by atoms with van der Waals surface area (Å²) in [6.45, 7) is 2.08. The second-order valence-corrected chi connectivity index (χ2v) is 7.07. The predicted octanol–water partition coefficient (Wildman–Crippen LogP) is 2.86. The second-order valence-electron chi connectivity index (χ2n) is 7.07. The third-order valence-corrected chi connectivity index (χ3v) is 5.21. The third-order valence-electron chi connectivity index (χ3n) is 5.21. The van der Waals surface area contributed by atoms with E-state index in [0.29, 0.717) is 6.54 Å². The van der Waals surface area contributed by atoms with Crippen molar-refractivity contribution in [2.75, 3.05) is 17.7 Å². The minimum absolute atomic E-state index is 0.0194. The van der Waals surface area contributed by atoms with Gasteiger partial charge in [-0.2, -0.15) is 0 Å². The molecule has 8 nitrogen and oxygen atoms in total. The van der Waals surface area contributed by atoms with Crippen LogP contribution in [-0.2, 0) is 17.9 Å². The Hall–Kier alpha value is -4.07. The number of H-pyrrole nitrogens is 1. The van der Waals surface area contributed by atoms with Gasteiger partial charge in [0.15, 0.2) is 0 Å². The molecule has 4 aromatic rings. The number of hydrogen-bond acceptors (Lipinski definition) is 4. The largest absolute Gasteiger partial charge is 0.381 e. The Labute approximate surface area is 178 Å². The van der Waals surface area contributed by atoms with Gasteiger partial charge in [0.1, 0.15) is 18.1 Å². The Morgan fingerprint density at radius 2 is 1.71 bits per heavy atom. The van der Waals surface area contributed by atoms with E-state index in [0.717, 1.165) is 22.2 Å². The number of rotatable bonds is 6. The minimum Gasteiger partial charge on any atom is -0.381 e. The molecule has 4 rings (SSSR count). The molecule has 2 heterocycles. The van der Waals surface area contributed by atoms with Crippen LogP contribution in [0.3, 0.4) is 0 Å². The molecular weight excluding hydrogens is 394 g/mol. The van der Waals surface area contributed by atoms with E-state index in [1.165, 1.54) is 4.57 Å². The van der Waals surface area contributed by atoms with Gasteiger partial charge in [0.25, 0.3) is 5.56 Å². The average molecular weight is 417 g/mol. The fourth-order valence-corrected chi connectivity index (χ4v) is 3.78. The average Bonchev–Trinajstić information content (AvgIpc) is 3.13. The molecule has 0 radical (unpaired) electrons. The van der Waals surface area contributed by atoms with E-state index in [2.05, 4.69) is 15.6 Å². The molecule has 0 aliphatic heterocycles. The summed E-state index contributed by atoms with van der Waals surface area (Å²) in [6.07, 6.45) is 0. The van der Waals surface area contributed by atoms with Crippen LogP contribution in [0.5, 0.6) is 0 Å². The normalized spacial score (nSPS) is 10.9. The Morgan fingerprint density at radius 3 is 2.42 bits per heavy atom. The number of nitrogens with zero attached hydrogens (tertiary/aromatic N) is 2. The molecule has 0 aliphatic rings. The summed E-state index contributed by atoms with van der Waals surface area (Å²) in [5.41, 5.74) is 1.80. The number of anilines is 2. The summed E-state index contributed by atoms with van der Waals surface area (Å²) < 4.78 is 3.25. The fraction of sp³-hybridized carbons (Fsp3) is 0.174. The molecule has 158 valence electrons. The van der Waals surface area contributed by atoms with Crippen molar-refractivity contribution in [3.05, 3.63) is 81.5 Å². The highest BCUT2D eigenvalue weighted by molar-refractivity contribution is 5.95. The molecule has 0 atom stereocenters. The van der Waals surface area contributed by atoms with Gasteiger partial charge in [0, 0.05) is 30.2 Å². The quantitative estimate of drug-likeness (QED) is 0.449. The monoisotopic (exact) mass is 417 g/mol. The van der Waals surface area contributed by atoms with Crippen molar-refractivity contribution in [2.24, 2.45) is 0 Å². The van der Waals surface area contributed by atoms with Crippen LogP contribution in [0.15, 0.2) is 70.3 Å². The molecular formula is C23H23N5O3. The number of aromatic nitrogens is 3. The van der Waals surface area contributed by atoms with Crippen molar-refractivity contribution in [1.29, 1.82) is 0 Å². The van der Waals surface area contributed by atoms with Crippen LogP contribution in [0.2, 0.25) is 0 Å². The molecule has 8 heteroatoms. The van der Waals surface area contributed by atoms with Crippen LogP contribution in [-0.4, -0.2) is 27.1 Å². The zero-order valence-electron chi connectivity index (χ0n) is 17.3. The first-order chi connectivity index (χ1) is 15.0. The van der Waals surface area contributed by atoms with Gasteiger partial charge in [-0.05, 0) is 24.6 Å². The molecule has 0 saturated carbocycles. The van der Waals surface area contributed by atoms with Gasteiger partial charge in [0.2, 0.25) is 5.91 Å². The van der Waals surface area contributed by atoms with Crippen LogP contribution >= 0.6 is 0 Å². The molecule has 0 aliphatic carbocycles. The highest BCUT2D eigenvalue weighted by atomic mass is 16.2. The summed E-state index contributed by atoms with van der Waals surface area (Å²) in [4.78, 5) is 39.7. The maximum absolute atomic E-state index is 13.1. The predicted molar refractivity (Wildman–Crippen MR) is 123 cm³/mol. The van der Waals surface area contributed by atoms with E-state index in [1.807, 2.05) is 65.2 Å². The van der Waals surface area contributed by atoms with E-state index in [-0.39, 0.29) is 24.0 Å². The zero-order valence-corrected chi connectivity index (χ0v) is 17.3. The number of amides is 1. The van der Waals surface area contributed by atoms with Crippen molar-refractivity contribution < 1.29 is 4.79 Å². The number of carbonyl (C=O) groups is 1. The fourth-order valence-electron chi connectivity index (χ4n) is 3.78. The first kappa shape index (κ1) is 20.2. The standard InChI is InChI=1S/C23H23N5O3/c1-3-27-21(20(24-2)22(30)26-23(27)31)25-19(29)14-28-17-12-8-7-11-16(17)13-18(28)15-9-5-4-6-10-15/h4-13,24H,3,14H2,1-2H3,(H,25,29)(H,26,30,31). The van der Waals surface area contributed by atoms with Gasteiger partial charge < -0.3 is 15.2 Å². The molecule has 2 aromatic heterocycles. The summed E-state index contributed by atoms with van der Waals surface area (Å²) >= 11 is 0. The highest BCUT2D eigenvalue weighted by Crippen LogP contribution is 2.28. The maximum atomic E-state index is 13.1. The van der Waals surface area contributed by atoms with Crippen LogP contribution < -0.4 is 21.9 Å². The van der Waals surface area contributed by atoms with Crippen LogP contribution in [0.1, 0.15) is 6.92 Å². The van der Waals surface area contributed by atoms with Crippen LogP contribution in [0.25, 0.3) is 22.2 Å². The van der Waals surface area contributed by atoms with Crippen molar-refractivity contribution in [1.82, 2.24) is 14.1 Å². The molecule has 0 fully saturated rings. The van der Waals surface area contributed by atoms with Crippen molar-refractivity contribution >= 4 is 28.3 Å². The Bertz CT molecular complexity index is 1330. The topological polar surface area (TPSA) is 101 Å². The van der Waals surface area contributed by atoms with Crippen molar-refractivity contribution in [2.45, 2.75) is 20.0 Å². The molecule has 0 bridgehead atoms. The summed E-state index contributed by atoms with van der Waals surface area (Å²) in [5, 5.41) is 6.56. The van der Waals surface area contributed by atoms with E-state index in [1.54, 1.807) is 14.0 Å². The van der Waals surface area contributed by atoms with Crippen molar-refractivity contribution in [3.63, 3.8) is 0 Å². The van der Waals surface area contributed by atoms with Crippen LogP contribution in [0.4, 0.5) is 11.5 Å². The van der Waals surface area contributed by atoms with Gasteiger partial charge in [-0.1, -0.05) is 48.5 Å². The lowest BCUT2D eigenvalue weighted by Gasteiger charge is -2.16. The number of nitrogens with one attached hydrogen (secondary N) is 3. The molecule has 0 saturated heterocycles. The number of para-hydroxylation sites is 1. The number of hydrogen-bond donors (Lipinski definition) is 3. The van der Waals surface area contributed by atoms with Crippen LogP contribution in [0, 0.1) is 0 Å². The lowest BCUT2D eigenvalue weighted by atomic mass is 10.1. The van der Waals surface area contributed by atoms with Gasteiger partial charge in [0.05, 0.1) is 0 Å². The number of carbonyl (C=O) groups excluding carboxylic acids is 1. The van der Waals surface area contributed by atoms with E-state index in [9.17, 15) is 14.4 Å². The molecule has 2 aromatic carbocycles. The molecule has 3 N–H and O–H groups in total. The molecule has 0 spiro atoms. The zero-order chi connectivity index (χ0) is 22.0. The Balaban J connectivity index is 1.76. The lowest BCUT2D eigenvalue weighted by molar-refractivity contribution is -0.116. The van der Waals surface area contributed by atoms with E-state index in [4.69, 9.17) is 0 Å². The van der Waals surface area contributed by atoms with Gasteiger partial charge in [-0.15, -0.1) is 0 Å². The summed E-state index contributed by atoms with van der Waals surface area (Å²) in [5.74, 6) is -0.191. The lowest BCUT2D eigenvalue weighted by Crippen LogP contribution is -2.35. The number of benzene rings is 2. The van der Waals surface area contributed by atoms with Gasteiger partial charge >= 0.3 is 5.69 Å². The molecule has 1 amide bonds. The maximum Gasteiger partial charge on any atom is 0.330 e. The van der Waals surface area contributed by atoms with Crippen molar-refractivity contribution in [3.8, 4) is 11.3 Å². The molecule has 31 heavy (non-hydrogen) atoms. The smallest absolute Gasteiger partial charge is 0.330 e. The minimum atomic E-state index is -0.580. The summed E-state index contributed by atoms with van der Waals surface area (Å²) in [6, 6.07) is 19.7. The first-order valence-corrected chi connectivity index (χ1v) is 10.0. The second kappa shape index (κ2) is 8.35. The Kier molecular flexibility index (Phi) is 5.44. The number of aromatic amines is 1. The van der Waals surface area contributed by atoms with Gasteiger partial charge in [-0.25, -0.2) is 4.79 Å². The molecule has 0 unspecified atom stereocenters. The first-order valence-electron chi connectivity index (χ1n) is 10.0. The highest BCUT2D eigenvalue weighted by Gasteiger charge is 2.18. The van der Waals surface area contributed by atoms with E-state index >= 15 is 0 Å². The SMILES string of the molecule is CCn1c(NC(=O)Cn2c(-c3ccccc3)cc3ccccc32)c(NC)c(=O)[nH]c1=O. The Morgan fingerprint density at radius 1 is 1.00 bits per heavy atom. The van der Waals surface area contributed by atoms with E-state index < -0.39 is 11.2 Å². The third kappa shape index (κ3) is 3.75. The number of fused-ring (bicyclic) bond motifs is 1. The van der Waals surface area contributed by atoms with Gasteiger partial charge in [-0.3, -0.25) is 19.1 Å². The summed E-state index contributed by atoms with van der Waals surface area (Å²) in [7, 11) is 1.57.